The van der Waals surface area contributed by atoms with E-state index in [1.807, 2.05) is 23.1 Å². The summed E-state index contributed by atoms with van der Waals surface area (Å²) >= 11 is 6.03. The van der Waals surface area contributed by atoms with Gasteiger partial charge >= 0.3 is 0 Å². The van der Waals surface area contributed by atoms with Crippen molar-refractivity contribution in [2.75, 3.05) is 6.54 Å². The number of nitrogens with zero attached hydrogens (tertiary/aromatic N) is 1. The fourth-order valence-electron chi connectivity index (χ4n) is 2.92. The molecule has 1 aliphatic heterocycles. The van der Waals surface area contributed by atoms with E-state index in [4.69, 9.17) is 16.0 Å². The van der Waals surface area contributed by atoms with Gasteiger partial charge in [0.2, 0.25) is 0 Å². The van der Waals surface area contributed by atoms with Crippen LogP contribution in [0.4, 0.5) is 0 Å². The van der Waals surface area contributed by atoms with Crippen molar-refractivity contribution >= 4 is 28.4 Å². The highest BCUT2D eigenvalue weighted by Crippen LogP contribution is 2.30. The molecule has 1 N–H and O–H groups in total. The van der Waals surface area contributed by atoms with Crippen LogP contribution >= 0.6 is 11.6 Å². The van der Waals surface area contributed by atoms with E-state index in [0.717, 1.165) is 17.3 Å². The van der Waals surface area contributed by atoms with E-state index < -0.39 is 0 Å². The van der Waals surface area contributed by atoms with Crippen LogP contribution in [0.1, 0.15) is 21.8 Å². The Morgan fingerprint density at radius 2 is 2.24 bits per heavy atom. The van der Waals surface area contributed by atoms with E-state index in [2.05, 4.69) is 4.98 Å². The van der Waals surface area contributed by atoms with Crippen molar-refractivity contribution in [3.8, 4) is 0 Å². The van der Waals surface area contributed by atoms with Gasteiger partial charge in [0, 0.05) is 46.7 Å². The molecule has 0 bridgehead atoms. The summed E-state index contributed by atoms with van der Waals surface area (Å²) in [6, 6.07) is 9.25. The van der Waals surface area contributed by atoms with Crippen LogP contribution in [0.2, 0.25) is 5.02 Å². The van der Waals surface area contributed by atoms with Gasteiger partial charge in [-0.25, -0.2) is 0 Å². The van der Waals surface area contributed by atoms with E-state index in [1.165, 1.54) is 17.5 Å². The third kappa shape index (κ3) is 2.03. The summed E-state index contributed by atoms with van der Waals surface area (Å²) in [6.07, 6.45) is 2.34. The number of hydrogen-bond acceptors (Lipinski definition) is 2. The number of aromatic nitrogens is 1. The summed E-state index contributed by atoms with van der Waals surface area (Å²) in [7, 11) is 0. The number of amides is 1. The molecular formula is C16H13ClN2O2. The largest absolute Gasteiger partial charge is 0.459 e. The molecule has 0 unspecified atom stereocenters. The standard InChI is InChI=1S/C16H13ClN2O2/c17-10-3-4-11-12-9-19(16(20)15-2-1-7-21-15)6-5-13(12)18-14(11)8-10/h1-4,7-8,18H,5-6,9H2. The second kappa shape index (κ2) is 4.67. The average Bonchev–Trinajstić information content (AvgIpc) is 3.12. The zero-order valence-electron chi connectivity index (χ0n) is 11.2. The summed E-state index contributed by atoms with van der Waals surface area (Å²) < 4.78 is 5.20. The van der Waals surface area contributed by atoms with Gasteiger partial charge in [-0.1, -0.05) is 17.7 Å². The van der Waals surface area contributed by atoms with Crippen molar-refractivity contribution in [1.29, 1.82) is 0 Å². The van der Waals surface area contributed by atoms with Crippen LogP contribution < -0.4 is 0 Å². The molecule has 0 saturated heterocycles. The minimum atomic E-state index is -0.0611. The Bertz CT molecular complexity index is 820. The van der Waals surface area contributed by atoms with Crippen LogP contribution in [-0.2, 0) is 13.0 Å². The molecule has 3 heterocycles. The second-order valence-corrected chi connectivity index (χ2v) is 5.66. The molecule has 1 aliphatic rings. The van der Waals surface area contributed by atoms with Gasteiger partial charge in [0.05, 0.1) is 6.26 Å². The Balaban J connectivity index is 1.71. The summed E-state index contributed by atoms with van der Waals surface area (Å²) in [5, 5.41) is 1.84. The van der Waals surface area contributed by atoms with Gasteiger partial charge in [-0.2, -0.15) is 0 Å². The van der Waals surface area contributed by atoms with Gasteiger partial charge in [-0.3, -0.25) is 4.79 Å². The number of nitrogens with one attached hydrogen (secondary N) is 1. The molecule has 1 amide bonds. The molecule has 0 spiro atoms. The first-order valence-corrected chi connectivity index (χ1v) is 7.22. The molecule has 0 radical (unpaired) electrons. The third-order valence-corrected chi connectivity index (χ3v) is 4.19. The monoisotopic (exact) mass is 300 g/mol. The molecule has 4 rings (SSSR count). The van der Waals surface area contributed by atoms with Gasteiger partial charge in [-0.15, -0.1) is 0 Å². The Labute approximate surface area is 126 Å². The Morgan fingerprint density at radius 3 is 3.05 bits per heavy atom. The number of benzene rings is 1. The highest BCUT2D eigenvalue weighted by Gasteiger charge is 2.25. The molecule has 0 saturated carbocycles. The summed E-state index contributed by atoms with van der Waals surface area (Å²) in [4.78, 5) is 17.6. The lowest BCUT2D eigenvalue weighted by molar-refractivity contribution is 0.0703. The fraction of sp³-hybridized carbons (Fsp3) is 0.188. The number of hydrogen-bond donors (Lipinski definition) is 1. The number of rotatable bonds is 1. The molecule has 0 aliphatic carbocycles. The zero-order valence-corrected chi connectivity index (χ0v) is 12.0. The van der Waals surface area contributed by atoms with Crippen LogP contribution in [0.5, 0.6) is 0 Å². The topological polar surface area (TPSA) is 49.2 Å². The van der Waals surface area contributed by atoms with Crippen molar-refractivity contribution < 1.29 is 9.21 Å². The maximum Gasteiger partial charge on any atom is 0.289 e. The zero-order chi connectivity index (χ0) is 14.4. The molecular weight excluding hydrogens is 288 g/mol. The maximum atomic E-state index is 12.4. The highest BCUT2D eigenvalue weighted by atomic mass is 35.5. The summed E-state index contributed by atoms with van der Waals surface area (Å²) in [5.41, 5.74) is 3.39. The maximum absolute atomic E-state index is 12.4. The first kappa shape index (κ1) is 12.5. The van der Waals surface area contributed by atoms with Gasteiger partial charge in [0.1, 0.15) is 0 Å². The number of carbonyl (C=O) groups excluding carboxylic acids is 1. The Hall–Kier alpha value is -2.20. The molecule has 0 fully saturated rings. The molecule has 0 atom stereocenters. The van der Waals surface area contributed by atoms with Crippen LogP contribution in [0.3, 0.4) is 0 Å². The molecule has 1 aromatic carbocycles. The minimum absolute atomic E-state index is 0.0611. The number of carbonyl (C=O) groups is 1. The first-order chi connectivity index (χ1) is 10.2. The SMILES string of the molecule is O=C(c1ccco1)N1CCc2[nH]c3cc(Cl)ccc3c2C1. The van der Waals surface area contributed by atoms with Crippen LogP contribution in [0, 0.1) is 0 Å². The molecule has 3 aromatic rings. The fourth-order valence-corrected chi connectivity index (χ4v) is 3.10. The lowest BCUT2D eigenvalue weighted by atomic mass is 10.0. The number of halogens is 1. The predicted octanol–water partition coefficient (Wildman–Crippen LogP) is 3.61. The smallest absolute Gasteiger partial charge is 0.289 e. The predicted molar refractivity (Wildman–Crippen MR) is 80.5 cm³/mol. The van der Waals surface area contributed by atoms with Crippen molar-refractivity contribution in [3.63, 3.8) is 0 Å². The number of aromatic amines is 1. The highest BCUT2D eigenvalue weighted by molar-refractivity contribution is 6.31. The number of furan rings is 1. The van der Waals surface area contributed by atoms with Gasteiger partial charge in [0.25, 0.3) is 5.91 Å². The van der Waals surface area contributed by atoms with E-state index in [9.17, 15) is 4.79 Å². The number of fused-ring (bicyclic) bond motifs is 3. The van der Waals surface area contributed by atoms with Gasteiger partial charge in [-0.05, 0) is 24.3 Å². The van der Waals surface area contributed by atoms with E-state index in [-0.39, 0.29) is 5.91 Å². The van der Waals surface area contributed by atoms with Crippen molar-refractivity contribution in [2.45, 2.75) is 13.0 Å². The normalized spacial score (nSPS) is 14.4. The Kier molecular flexibility index (Phi) is 2.79. The lowest BCUT2D eigenvalue weighted by Gasteiger charge is -2.26. The second-order valence-electron chi connectivity index (χ2n) is 5.23. The van der Waals surface area contributed by atoms with E-state index in [1.54, 1.807) is 12.1 Å². The Morgan fingerprint density at radius 1 is 1.33 bits per heavy atom. The molecule has 5 heteroatoms. The van der Waals surface area contributed by atoms with Crippen LogP contribution in [0.15, 0.2) is 41.0 Å². The lowest BCUT2D eigenvalue weighted by Crippen LogP contribution is -2.35. The summed E-state index contributed by atoms with van der Waals surface area (Å²) in [6.45, 7) is 1.28. The van der Waals surface area contributed by atoms with Crippen molar-refractivity contribution in [2.24, 2.45) is 0 Å². The molecule has 21 heavy (non-hydrogen) atoms. The molecule has 2 aromatic heterocycles. The van der Waals surface area contributed by atoms with Crippen LogP contribution in [0.25, 0.3) is 10.9 Å². The summed E-state index contributed by atoms with van der Waals surface area (Å²) in [5.74, 6) is 0.329. The van der Waals surface area contributed by atoms with E-state index >= 15 is 0 Å². The average molecular weight is 301 g/mol. The minimum Gasteiger partial charge on any atom is -0.459 e. The van der Waals surface area contributed by atoms with E-state index in [0.29, 0.717) is 23.9 Å². The van der Waals surface area contributed by atoms with Crippen LogP contribution in [-0.4, -0.2) is 22.3 Å². The van der Waals surface area contributed by atoms with Crippen molar-refractivity contribution in [3.05, 3.63) is 58.6 Å². The van der Waals surface area contributed by atoms with Crippen molar-refractivity contribution in [1.82, 2.24) is 9.88 Å². The number of H-pyrrole nitrogens is 1. The molecule has 4 nitrogen and oxygen atoms in total. The van der Waals surface area contributed by atoms with Gasteiger partial charge in [0.15, 0.2) is 5.76 Å². The first-order valence-electron chi connectivity index (χ1n) is 6.84. The van der Waals surface area contributed by atoms with Gasteiger partial charge < -0.3 is 14.3 Å². The molecule has 106 valence electrons. The quantitative estimate of drug-likeness (QED) is 0.746. The third-order valence-electron chi connectivity index (χ3n) is 3.96.